The Labute approximate surface area is 139 Å². The van der Waals surface area contributed by atoms with Crippen LogP contribution in [0.4, 0.5) is 0 Å². The van der Waals surface area contributed by atoms with Crippen LogP contribution in [0.2, 0.25) is 0 Å². The molecule has 1 aromatic carbocycles. The van der Waals surface area contributed by atoms with E-state index in [1.807, 2.05) is 24.2 Å². The number of aliphatic hydroxyl groups excluding tert-OH is 1. The first kappa shape index (κ1) is 19.5. The fourth-order valence-corrected chi connectivity index (χ4v) is 2.58. The number of benzene rings is 1. The Morgan fingerprint density at radius 2 is 1.61 bits per heavy atom. The Balaban J connectivity index is 3.10. The summed E-state index contributed by atoms with van der Waals surface area (Å²) in [4.78, 5) is 0. The summed E-state index contributed by atoms with van der Waals surface area (Å²) in [5.41, 5.74) is 4.49. The highest BCUT2D eigenvalue weighted by Gasteiger charge is 2.20. The van der Waals surface area contributed by atoms with Gasteiger partial charge in [0.1, 0.15) is 0 Å². The van der Waals surface area contributed by atoms with Gasteiger partial charge in [0, 0.05) is 19.1 Å². The van der Waals surface area contributed by atoms with Crippen molar-refractivity contribution < 1.29 is 19.3 Å². The molecule has 0 saturated heterocycles. The van der Waals surface area contributed by atoms with E-state index < -0.39 is 0 Å². The van der Waals surface area contributed by atoms with E-state index in [9.17, 15) is 5.11 Å². The predicted molar refractivity (Wildman–Crippen MR) is 91.2 cm³/mol. The minimum Gasteiger partial charge on any atom is -0.493 e. The maximum absolute atomic E-state index is 9.45. The number of hydrogen-bond donors (Lipinski definition) is 2. The van der Waals surface area contributed by atoms with Gasteiger partial charge in [-0.3, -0.25) is 0 Å². The Morgan fingerprint density at radius 1 is 1.04 bits per heavy atom. The number of methoxy groups -OCH3 is 3. The standard InChI is InChI=1S/C17H30N2O4/c1-7-13(11-20)19(3)18-14(8-2)12-9-15(21-4)17(23-6)16(10-12)22-5/h9-10,13-14,18,20H,7-8,11H2,1-6H3/t13-,14-/m1/s1. The molecule has 0 aliphatic heterocycles. The molecule has 0 amide bonds. The van der Waals surface area contributed by atoms with Crippen molar-refractivity contribution in [2.24, 2.45) is 0 Å². The smallest absolute Gasteiger partial charge is 0.203 e. The summed E-state index contributed by atoms with van der Waals surface area (Å²) in [5.74, 6) is 1.86. The van der Waals surface area contributed by atoms with Crippen LogP contribution >= 0.6 is 0 Å². The van der Waals surface area contributed by atoms with Crippen LogP contribution in [0.1, 0.15) is 38.3 Å². The molecule has 6 nitrogen and oxygen atoms in total. The first-order chi connectivity index (χ1) is 11.1. The summed E-state index contributed by atoms with van der Waals surface area (Å²) in [6.45, 7) is 4.28. The fraction of sp³-hybridized carbons (Fsp3) is 0.647. The molecule has 0 aromatic heterocycles. The molecule has 1 aromatic rings. The summed E-state index contributed by atoms with van der Waals surface area (Å²) in [7, 11) is 6.77. The summed E-state index contributed by atoms with van der Waals surface area (Å²) in [6, 6.07) is 4.06. The van der Waals surface area contributed by atoms with E-state index >= 15 is 0 Å². The van der Waals surface area contributed by atoms with Crippen LogP contribution in [0, 0.1) is 0 Å². The lowest BCUT2D eigenvalue weighted by Crippen LogP contribution is -2.45. The van der Waals surface area contributed by atoms with Crippen LogP contribution in [0.15, 0.2) is 12.1 Å². The van der Waals surface area contributed by atoms with Gasteiger partial charge in [-0.1, -0.05) is 13.8 Å². The van der Waals surface area contributed by atoms with Crippen molar-refractivity contribution in [1.82, 2.24) is 10.4 Å². The van der Waals surface area contributed by atoms with E-state index in [4.69, 9.17) is 14.2 Å². The molecule has 23 heavy (non-hydrogen) atoms. The van der Waals surface area contributed by atoms with Crippen molar-refractivity contribution in [1.29, 1.82) is 0 Å². The third kappa shape index (κ3) is 4.73. The zero-order valence-electron chi connectivity index (χ0n) is 15.0. The average molecular weight is 326 g/mol. The second kappa shape index (κ2) is 9.60. The van der Waals surface area contributed by atoms with Crippen molar-refractivity contribution >= 4 is 0 Å². The Kier molecular flexibility index (Phi) is 8.16. The highest BCUT2D eigenvalue weighted by atomic mass is 16.5. The minimum absolute atomic E-state index is 0.0751. The van der Waals surface area contributed by atoms with Crippen LogP contribution < -0.4 is 19.6 Å². The molecule has 0 unspecified atom stereocenters. The third-order valence-electron chi connectivity index (χ3n) is 4.09. The van der Waals surface area contributed by atoms with Crippen molar-refractivity contribution in [2.75, 3.05) is 35.0 Å². The van der Waals surface area contributed by atoms with Crippen molar-refractivity contribution in [3.63, 3.8) is 0 Å². The summed E-state index contributed by atoms with van der Waals surface area (Å²) in [6.07, 6.45) is 1.75. The number of likely N-dealkylation sites (N-methyl/N-ethyl adjacent to an activating group) is 1. The average Bonchev–Trinajstić information content (AvgIpc) is 2.59. The lowest BCUT2D eigenvalue weighted by atomic mass is 10.0. The van der Waals surface area contributed by atoms with E-state index in [0.717, 1.165) is 18.4 Å². The predicted octanol–water partition coefficient (Wildman–Crippen LogP) is 2.37. The number of nitrogens with zero attached hydrogens (tertiary/aromatic N) is 1. The Bertz CT molecular complexity index is 453. The molecule has 0 fully saturated rings. The SMILES string of the molecule is CC[C@H](CO)N(C)N[C@H](CC)c1cc(OC)c(OC)c(OC)c1. The highest BCUT2D eigenvalue weighted by molar-refractivity contribution is 5.54. The largest absolute Gasteiger partial charge is 0.493 e. The van der Waals surface area contributed by atoms with Crippen LogP contribution in [-0.4, -0.2) is 51.1 Å². The van der Waals surface area contributed by atoms with E-state index in [-0.39, 0.29) is 18.7 Å². The molecule has 0 aliphatic carbocycles. The Morgan fingerprint density at radius 3 is 1.96 bits per heavy atom. The number of nitrogens with one attached hydrogen (secondary N) is 1. The van der Waals surface area contributed by atoms with Crippen LogP contribution in [0.3, 0.4) is 0 Å². The number of hydrazine groups is 1. The van der Waals surface area contributed by atoms with Gasteiger partial charge in [0.25, 0.3) is 0 Å². The van der Waals surface area contributed by atoms with Crippen LogP contribution in [-0.2, 0) is 0 Å². The molecule has 0 radical (unpaired) electrons. The summed E-state index contributed by atoms with van der Waals surface area (Å²) in [5, 5.41) is 11.4. The number of hydrogen-bond acceptors (Lipinski definition) is 6. The van der Waals surface area contributed by atoms with Gasteiger partial charge in [-0.25, -0.2) is 10.4 Å². The van der Waals surface area contributed by atoms with Gasteiger partial charge in [0.2, 0.25) is 5.75 Å². The topological polar surface area (TPSA) is 63.2 Å². The lowest BCUT2D eigenvalue weighted by molar-refractivity contribution is 0.0815. The quantitative estimate of drug-likeness (QED) is 0.644. The van der Waals surface area contributed by atoms with E-state index in [1.54, 1.807) is 21.3 Å². The molecule has 0 heterocycles. The first-order valence-corrected chi connectivity index (χ1v) is 7.95. The van der Waals surface area contributed by atoms with Gasteiger partial charge in [-0.05, 0) is 30.5 Å². The molecule has 0 saturated carbocycles. The van der Waals surface area contributed by atoms with Gasteiger partial charge in [0.15, 0.2) is 11.5 Å². The molecule has 0 aliphatic rings. The van der Waals surface area contributed by atoms with Gasteiger partial charge in [-0.15, -0.1) is 0 Å². The molecular weight excluding hydrogens is 296 g/mol. The highest BCUT2D eigenvalue weighted by Crippen LogP contribution is 2.40. The molecule has 0 spiro atoms. The number of rotatable bonds is 10. The van der Waals surface area contributed by atoms with E-state index in [0.29, 0.717) is 17.2 Å². The van der Waals surface area contributed by atoms with Crippen molar-refractivity contribution in [3.8, 4) is 17.2 Å². The van der Waals surface area contributed by atoms with Crippen LogP contribution in [0.5, 0.6) is 17.2 Å². The summed E-state index contributed by atoms with van der Waals surface area (Å²) >= 11 is 0. The molecule has 2 N–H and O–H groups in total. The second-order valence-electron chi connectivity index (χ2n) is 5.40. The maximum Gasteiger partial charge on any atom is 0.203 e. The monoisotopic (exact) mass is 326 g/mol. The molecule has 132 valence electrons. The second-order valence-corrected chi connectivity index (χ2v) is 5.40. The molecular formula is C17H30N2O4. The number of ether oxygens (including phenoxy) is 3. The van der Waals surface area contributed by atoms with E-state index in [2.05, 4.69) is 19.3 Å². The van der Waals surface area contributed by atoms with Crippen LogP contribution in [0.25, 0.3) is 0 Å². The summed E-state index contributed by atoms with van der Waals surface area (Å²) < 4.78 is 16.2. The molecule has 1 rings (SSSR count). The maximum atomic E-state index is 9.45. The molecule has 2 atom stereocenters. The van der Waals surface area contributed by atoms with E-state index in [1.165, 1.54) is 0 Å². The fourth-order valence-electron chi connectivity index (χ4n) is 2.58. The third-order valence-corrected chi connectivity index (χ3v) is 4.09. The van der Waals surface area contributed by atoms with Crippen molar-refractivity contribution in [2.45, 2.75) is 38.8 Å². The molecule has 6 heteroatoms. The Hall–Kier alpha value is -1.50. The van der Waals surface area contributed by atoms with Gasteiger partial charge in [-0.2, -0.15) is 0 Å². The van der Waals surface area contributed by atoms with Gasteiger partial charge >= 0.3 is 0 Å². The minimum atomic E-state index is 0.0751. The van der Waals surface area contributed by atoms with Gasteiger partial charge < -0.3 is 19.3 Å². The van der Waals surface area contributed by atoms with Gasteiger partial charge in [0.05, 0.1) is 27.9 Å². The molecule has 0 bridgehead atoms. The zero-order valence-corrected chi connectivity index (χ0v) is 15.0. The normalized spacial score (nSPS) is 13.7. The zero-order chi connectivity index (χ0) is 17.4. The number of aliphatic hydroxyl groups is 1. The lowest BCUT2D eigenvalue weighted by Gasteiger charge is -2.31. The van der Waals surface area contributed by atoms with Crippen molar-refractivity contribution in [3.05, 3.63) is 17.7 Å². The first-order valence-electron chi connectivity index (χ1n) is 7.95.